The van der Waals surface area contributed by atoms with E-state index >= 15 is 0 Å². The molecule has 1 rings (SSSR count). The molecule has 0 amide bonds. The van der Waals surface area contributed by atoms with Crippen molar-refractivity contribution in [3.63, 3.8) is 0 Å². The van der Waals surface area contributed by atoms with Gasteiger partial charge in [-0.05, 0) is 13.1 Å². The second kappa shape index (κ2) is 11.5. The average molecular weight is 296 g/mol. The lowest BCUT2D eigenvalue weighted by molar-refractivity contribution is 0.104. The number of hydrogen-bond donors (Lipinski definition) is 1. The zero-order valence-corrected chi connectivity index (χ0v) is 13.4. The van der Waals surface area contributed by atoms with Crippen LogP contribution >= 0.6 is 0 Å². The number of rotatable bonds is 12. The minimum absolute atomic E-state index is 0.661. The monoisotopic (exact) mass is 296 g/mol. The summed E-state index contributed by atoms with van der Waals surface area (Å²) < 4.78 is 16.2. The van der Waals surface area contributed by atoms with E-state index in [2.05, 4.69) is 16.3 Å². The summed E-state index contributed by atoms with van der Waals surface area (Å²) in [4.78, 5) is 2.29. The molecule has 1 N–H and O–H groups in total. The SMILES string of the molecule is CNCc1ccccc1OCCN(CCOC)CCOC. The number of nitrogens with one attached hydrogen (secondary N) is 1. The maximum atomic E-state index is 5.92. The fourth-order valence-corrected chi connectivity index (χ4v) is 2.04. The topological polar surface area (TPSA) is 43.0 Å². The van der Waals surface area contributed by atoms with Crippen molar-refractivity contribution >= 4 is 0 Å². The molecule has 0 heterocycles. The third kappa shape index (κ3) is 7.43. The molecule has 5 nitrogen and oxygen atoms in total. The van der Waals surface area contributed by atoms with Crippen LogP contribution in [0, 0.1) is 0 Å². The average Bonchev–Trinajstić information content (AvgIpc) is 2.51. The molecule has 0 saturated heterocycles. The van der Waals surface area contributed by atoms with Crippen LogP contribution < -0.4 is 10.1 Å². The minimum Gasteiger partial charge on any atom is -0.492 e. The minimum atomic E-state index is 0.661. The van der Waals surface area contributed by atoms with Crippen molar-refractivity contribution in [3.8, 4) is 5.75 Å². The van der Waals surface area contributed by atoms with Gasteiger partial charge < -0.3 is 19.5 Å². The molecule has 21 heavy (non-hydrogen) atoms. The van der Waals surface area contributed by atoms with Gasteiger partial charge in [0.1, 0.15) is 12.4 Å². The summed E-state index contributed by atoms with van der Waals surface area (Å²) >= 11 is 0. The molecule has 0 aliphatic rings. The number of nitrogens with zero attached hydrogens (tertiary/aromatic N) is 1. The van der Waals surface area contributed by atoms with Crippen LogP contribution in [0.15, 0.2) is 24.3 Å². The first kappa shape index (κ1) is 17.9. The highest BCUT2D eigenvalue weighted by molar-refractivity contribution is 5.33. The Hall–Kier alpha value is -1.14. The lowest BCUT2D eigenvalue weighted by Crippen LogP contribution is -2.34. The Bertz CT molecular complexity index is 366. The molecular weight excluding hydrogens is 268 g/mol. The van der Waals surface area contributed by atoms with Gasteiger partial charge in [0.2, 0.25) is 0 Å². The Morgan fingerprint density at radius 1 is 0.952 bits per heavy atom. The van der Waals surface area contributed by atoms with Gasteiger partial charge in [-0.25, -0.2) is 0 Å². The molecule has 0 bridgehead atoms. The largest absolute Gasteiger partial charge is 0.492 e. The predicted molar refractivity (Wildman–Crippen MR) is 84.9 cm³/mol. The summed E-state index contributed by atoms with van der Waals surface area (Å²) in [5, 5.41) is 3.16. The van der Waals surface area contributed by atoms with Gasteiger partial charge in [-0.3, -0.25) is 4.90 Å². The molecule has 1 aromatic carbocycles. The summed E-state index contributed by atoms with van der Waals surface area (Å²) in [6.45, 7) is 5.56. The summed E-state index contributed by atoms with van der Waals surface area (Å²) in [6, 6.07) is 8.13. The Morgan fingerprint density at radius 2 is 1.57 bits per heavy atom. The van der Waals surface area contributed by atoms with E-state index < -0.39 is 0 Å². The van der Waals surface area contributed by atoms with Gasteiger partial charge in [0.05, 0.1) is 13.2 Å². The van der Waals surface area contributed by atoms with E-state index in [1.165, 1.54) is 5.56 Å². The normalized spacial score (nSPS) is 11.0. The van der Waals surface area contributed by atoms with Gasteiger partial charge in [0.15, 0.2) is 0 Å². The summed E-state index contributed by atoms with van der Waals surface area (Å²) in [5.41, 5.74) is 1.18. The molecule has 0 aromatic heterocycles. The van der Waals surface area contributed by atoms with Crippen molar-refractivity contribution in [2.24, 2.45) is 0 Å². The van der Waals surface area contributed by atoms with E-state index in [9.17, 15) is 0 Å². The molecule has 0 spiro atoms. The quantitative estimate of drug-likeness (QED) is 0.631. The molecule has 5 heteroatoms. The van der Waals surface area contributed by atoms with Gasteiger partial charge in [-0.1, -0.05) is 18.2 Å². The number of methoxy groups -OCH3 is 2. The van der Waals surface area contributed by atoms with Crippen molar-refractivity contribution in [1.29, 1.82) is 0 Å². The van der Waals surface area contributed by atoms with Crippen LogP contribution in [0.3, 0.4) is 0 Å². The summed E-state index contributed by atoms with van der Waals surface area (Å²) in [6.07, 6.45) is 0. The first-order chi connectivity index (χ1) is 10.3. The maximum Gasteiger partial charge on any atom is 0.123 e. The molecule has 0 aliphatic carbocycles. The van der Waals surface area contributed by atoms with Crippen molar-refractivity contribution in [2.75, 3.05) is 60.7 Å². The van der Waals surface area contributed by atoms with Crippen LogP contribution in [-0.2, 0) is 16.0 Å². The Labute approximate surface area is 128 Å². The molecule has 0 aliphatic heterocycles. The van der Waals surface area contributed by atoms with Crippen molar-refractivity contribution in [1.82, 2.24) is 10.2 Å². The highest BCUT2D eigenvalue weighted by Gasteiger charge is 2.06. The maximum absolute atomic E-state index is 5.92. The second-order valence-electron chi connectivity index (χ2n) is 4.81. The fraction of sp³-hybridized carbons (Fsp3) is 0.625. The molecule has 0 saturated carbocycles. The van der Waals surface area contributed by atoms with E-state index in [0.29, 0.717) is 6.61 Å². The van der Waals surface area contributed by atoms with E-state index in [-0.39, 0.29) is 0 Å². The van der Waals surface area contributed by atoms with Gasteiger partial charge in [-0.15, -0.1) is 0 Å². The molecule has 0 atom stereocenters. The Kier molecular flexibility index (Phi) is 9.82. The number of hydrogen-bond acceptors (Lipinski definition) is 5. The molecule has 0 fully saturated rings. The standard InChI is InChI=1S/C16H28N2O3/c1-17-14-15-6-4-5-7-16(15)21-13-10-18(8-11-19-2)9-12-20-3/h4-7,17H,8-14H2,1-3H3. The van der Waals surface area contributed by atoms with E-state index in [4.69, 9.17) is 14.2 Å². The third-order valence-corrected chi connectivity index (χ3v) is 3.23. The lowest BCUT2D eigenvalue weighted by atomic mass is 10.2. The third-order valence-electron chi connectivity index (χ3n) is 3.23. The first-order valence-corrected chi connectivity index (χ1v) is 7.37. The molecule has 0 unspecified atom stereocenters. The van der Waals surface area contributed by atoms with Gasteiger partial charge >= 0.3 is 0 Å². The van der Waals surface area contributed by atoms with E-state index in [1.54, 1.807) is 14.2 Å². The second-order valence-corrected chi connectivity index (χ2v) is 4.81. The Balaban J connectivity index is 2.41. The zero-order chi connectivity index (χ0) is 15.3. The van der Waals surface area contributed by atoms with Gasteiger partial charge in [0.25, 0.3) is 0 Å². The van der Waals surface area contributed by atoms with Gasteiger partial charge in [-0.2, -0.15) is 0 Å². The predicted octanol–water partition coefficient (Wildman–Crippen LogP) is 1.38. The van der Waals surface area contributed by atoms with Crippen molar-refractivity contribution in [2.45, 2.75) is 6.54 Å². The fourth-order valence-electron chi connectivity index (χ4n) is 2.04. The van der Waals surface area contributed by atoms with Gasteiger partial charge in [0, 0.05) is 46.0 Å². The summed E-state index contributed by atoms with van der Waals surface area (Å²) in [5.74, 6) is 0.949. The van der Waals surface area contributed by atoms with Crippen LogP contribution in [0.25, 0.3) is 0 Å². The van der Waals surface area contributed by atoms with E-state index in [0.717, 1.165) is 45.1 Å². The van der Waals surface area contributed by atoms with E-state index in [1.807, 2.05) is 25.2 Å². The van der Waals surface area contributed by atoms with Crippen LogP contribution in [0.2, 0.25) is 0 Å². The molecule has 0 radical (unpaired) electrons. The highest BCUT2D eigenvalue weighted by atomic mass is 16.5. The lowest BCUT2D eigenvalue weighted by Gasteiger charge is -2.22. The molecule has 120 valence electrons. The Morgan fingerprint density at radius 3 is 2.19 bits per heavy atom. The van der Waals surface area contributed by atoms with Crippen LogP contribution in [0.5, 0.6) is 5.75 Å². The summed E-state index contributed by atoms with van der Waals surface area (Å²) in [7, 11) is 5.38. The van der Waals surface area contributed by atoms with Crippen LogP contribution in [-0.4, -0.2) is 65.6 Å². The van der Waals surface area contributed by atoms with Crippen molar-refractivity contribution < 1.29 is 14.2 Å². The number of benzene rings is 1. The van der Waals surface area contributed by atoms with Crippen LogP contribution in [0.4, 0.5) is 0 Å². The highest BCUT2D eigenvalue weighted by Crippen LogP contribution is 2.17. The van der Waals surface area contributed by atoms with Crippen LogP contribution in [0.1, 0.15) is 5.56 Å². The first-order valence-electron chi connectivity index (χ1n) is 7.37. The molecular formula is C16H28N2O3. The zero-order valence-electron chi connectivity index (χ0n) is 13.4. The number of ether oxygens (including phenoxy) is 3. The smallest absolute Gasteiger partial charge is 0.123 e. The van der Waals surface area contributed by atoms with Crippen molar-refractivity contribution in [3.05, 3.63) is 29.8 Å². The molecule has 1 aromatic rings. The number of para-hydroxylation sites is 1.